The molecule has 121 valence electrons. The topological polar surface area (TPSA) is 88.3 Å². The fourth-order valence-corrected chi connectivity index (χ4v) is 4.18. The fourth-order valence-electron chi connectivity index (χ4n) is 3.21. The van der Waals surface area contributed by atoms with Crippen molar-refractivity contribution in [1.82, 2.24) is 10.3 Å². The Balaban J connectivity index is 1.99. The number of Topliss-reactive ketones (excluding diaryl/α,β-unsaturated/α-hetero) is 1. The summed E-state index contributed by atoms with van der Waals surface area (Å²) >= 11 is 1.44. The van der Waals surface area contributed by atoms with Gasteiger partial charge in [0, 0.05) is 19.5 Å². The lowest BCUT2D eigenvalue weighted by Gasteiger charge is -2.30. The van der Waals surface area contributed by atoms with Gasteiger partial charge in [0.15, 0.2) is 10.9 Å². The number of rotatable bonds is 5. The lowest BCUT2D eigenvalue weighted by Crippen LogP contribution is -2.44. The molecule has 0 spiro atoms. The van der Waals surface area contributed by atoms with Crippen LogP contribution in [0, 0.1) is 12.0 Å². The molecule has 0 bridgehead atoms. The number of hydrogen-bond acceptors (Lipinski definition) is 6. The van der Waals surface area contributed by atoms with Crippen LogP contribution in [-0.2, 0) is 4.79 Å². The molecular weight excluding hydrogens is 312 g/mol. The third-order valence-electron chi connectivity index (χ3n) is 4.29. The van der Waals surface area contributed by atoms with Crippen LogP contribution in [0.4, 0.5) is 5.13 Å². The molecule has 2 atom stereocenters. The summed E-state index contributed by atoms with van der Waals surface area (Å²) in [4.78, 5) is 30.2. The maximum Gasteiger partial charge on any atom is 0.250 e. The van der Waals surface area contributed by atoms with Crippen molar-refractivity contribution in [2.45, 2.75) is 19.4 Å². The number of nitrogens with two attached hydrogens (primary N) is 1. The second kappa shape index (κ2) is 6.25. The number of benzene rings is 1. The van der Waals surface area contributed by atoms with E-state index in [-0.39, 0.29) is 17.7 Å². The molecule has 1 aliphatic heterocycles. The van der Waals surface area contributed by atoms with Crippen molar-refractivity contribution in [3.63, 3.8) is 0 Å². The Bertz CT molecular complexity index is 752. The first kappa shape index (κ1) is 15.9. The molecule has 1 radical (unpaired) electrons. The summed E-state index contributed by atoms with van der Waals surface area (Å²) in [7, 11) is 1.88. The van der Waals surface area contributed by atoms with Crippen molar-refractivity contribution < 1.29 is 9.59 Å². The van der Waals surface area contributed by atoms with Gasteiger partial charge in [0.2, 0.25) is 0 Å². The van der Waals surface area contributed by atoms with Crippen LogP contribution in [0.1, 0.15) is 23.7 Å². The van der Waals surface area contributed by atoms with Crippen LogP contribution in [0.3, 0.4) is 0 Å². The van der Waals surface area contributed by atoms with Gasteiger partial charge in [0.25, 0.3) is 5.91 Å². The molecule has 23 heavy (non-hydrogen) atoms. The normalized spacial score (nSPS) is 19.0. The smallest absolute Gasteiger partial charge is 0.250 e. The van der Waals surface area contributed by atoms with Gasteiger partial charge in [-0.05, 0) is 38.1 Å². The molecule has 1 amide bonds. The molecule has 7 heteroatoms. The highest BCUT2D eigenvalue weighted by Gasteiger charge is 2.33. The highest BCUT2D eigenvalue weighted by molar-refractivity contribution is 7.22. The number of primary amides is 1. The van der Waals surface area contributed by atoms with Crippen LogP contribution >= 0.6 is 11.3 Å². The average molecular weight is 331 g/mol. The maximum atomic E-state index is 12.2. The number of amides is 1. The van der Waals surface area contributed by atoms with Crippen LogP contribution in [0.15, 0.2) is 12.1 Å². The highest BCUT2D eigenvalue weighted by Crippen LogP contribution is 2.32. The van der Waals surface area contributed by atoms with E-state index in [1.807, 2.05) is 11.9 Å². The van der Waals surface area contributed by atoms with Crippen molar-refractivity contribution in [2.75, 3.05) is 25.0 Å². The number of nitrogens with zero attached hydrogens (tertiary/aromatic N) is 2. The molecule has 3 N–H and O–H groups in total. The molecule has 2 heterocycles. The number of thiazole rings is 1. The third kappa shape index (κ3) is 2.94. The van der Waals surface area contributed by atoms with E-state index in [1.54, 1.807) is 19.1 Å². The highest BCUT2D eigenvalue weighted by atomic mass is 32.1. The second-order valence-corrected chi connectivity index (χ2v) is 6.87. The van der Waals surface area contributed by atoms with Crippen LogP contribution in [0.5, 0.6) is 0 Å². The Kier molecular flexibility index (Phi) is 4.32. The number of ketones is 1. The monoisotopic (exact) mass is 331 g/mol. The molecule has 0 saturated carbocycles. The minimum atomic E-state index is -0.519. The lowest BCUT2D eigenvalue weighted by atomic mass is 9.95. The Morgan fingerprint density at radius 1 is 1.52 bits per heavy atom. The van der Waals surface area contributed by atoms with Gasteiger partial charge in [-0.15, -0.1) is 0 Å². The van der Waals surface area contributed by atoms with Gasteiger partial charge < -0.3 is 16.0 Å². The van der Waals surface area contributed by atoms with E-state index in [0.717, 1.165) is 24.2 Å². The third-order valence-corrected chi connectivity index (χ3v) is 5.38. The van der Waals surface area contributed by atoms with Gasteiger partial charge in [0.1, 0.15) is 0 Å². The first-order valence-electron chi connectivity index (χ1n) is 7.53. The van der Waals surface area contributed by atoms with Gasteiger partial charge in [0.05, 0.1) is 21.8 Å². The van der Waals surface area contributed by atoms with Crippen molar-refractivity contribution in [2.24, 2.45) is 11.7 Å². The maximum absolute atomic E-state index is 12.2. The van der Waals surface area contributed by atoms with E-state index in [1.165, 1.54) is 11.3 Å². The van der Waals surface area contributed by atoms with Crippen molar-refractivity contribution in [3.05, 3.63) is 23.8 Å². The predicted molar refractivity (Wildman–Crippen MR) is 90.8 cm³/mol. The molecule has 2 aromatic rings. The van der Waals surface area contributed by atoms with E-state index in [9.17, 15) is 9.59 Å². The molecule has 6 nitrogen and oxygen atoms in total. The summed E-state index contributed by atoms with van der Waals surface area (Å²) in [6.45, 7) is 3.39. The number of carbonyl (C=O) groups excluding carboxylic acids is 2. The molecule has 1 fully saturated rings. The summed E-state index contributed by atoms with van der Waals surface area (Å²) in [6, 6.07) is 6.04. The lowest BCUT2D eigenvalue weighted by molar-refractivity contribution is -0.119. The molecule has 3 rings (SSSR count). The molecule has 1 saturated heterocycles. The number of nitrogens with one attached hydrogen (secondary N) is 1. The van der Waals surface area contributed by atoms with Crippen LogP contribution in [0.25, 0.3) is 10.2 Å². The number of likely N-dealkylation sites (N-methyl/N-ethyl adjacent to an activating group) is 1. The predicted octanol–water partition coefficient (Wildman–Crippen LogP) is 1.20. The summed E-state index contributed by atoms with van der Waals surface area (Å²) in [5, 5.41) is 4.02. The van der Waals surface area contributed by atoms with E-state index in [0.29, 0.717) is 16.2 Å². The Hall–Kier alpha value is -1.99. The summed E-state index contributed by atoms with van der Waals surface area (Å²) < 4.78 is 0.843. The zero-order valence-corrected chi connectivity index (χ0v) is 13.9. The van der Waals surface area contributed by atoms with E-state index in [2.05, 4.69) is 16.4 Å². The number of anilines is 1. The molecule has 0 aliphatic carbocycles. The van der Waals surface area contributed by atoms with Crippen LogP contribution in [-0.4, -0.2) is 42.9 Å². The SMILES string of the molecule is CC(=O)C(C1CCNC1)N(C)c1nc2c(C(N)=O)c[c]cc2s1. The number of fused-ring (bicyclic) bond motifs is 1. The minimum absolute atomic E-state index is 0.127. The first-order valence-corrected chi connectivity index (χ1v) is 8.35. The molecule has 1 aliphatic rings. The first-order chi connectivity index (χ1) is 11.0. The average Bonchev–Trinajstić information content (AvgIpc) is 3.15. The minimum Gasteiger partial charge on any atom is -0.366 e. The summed E-state index contributed by atoms with van der Waals surface area (Å²) in [5.41, 5.74) is 6.34. The second-order valence-electron chi connectivity index (χ2n) is 5.86. The largest absolute Gasteiger partial charge is 0.366 e. The van der Waals surface area contributed by atoms with Gasteiger partial charge in [-0.2, -0.15) is 0 Å². The zero-order valence-electron chi connectivity index (χ0n) is 13.1. The zero-order chi connectivity index (χ0) is 16.6. The number of hydrogen-bond donors (Lipinski definition) is 2. The Morgan fingerprint density at radius 2 is 2.30 bits per heavy atom. The summed E-state index contributed by atoms with van der Waals surface area (Å²) in [5.74, 6) is -0.122. The van der Waals surface area contributed by atoms with Crippen LogP contribution < -0.4 is 16.0 Å². The standard InChI is InChI=1S/C16H19N4O2S/c1-9(21)14(10-6-7-18-8-10)20(2)16-19-13-11(15(17)22)4-3-5-12(13)23-16/h4-5,10,14,18H,6-8H2,1-2H3,(H2,17,22). The Labute approximate surface area is 138 Å². The molecule has 1 aromatic carbocycles. The number of aromatic nitrogens is 1. The molecule has 1 aromatic heterocycles. The number of carbonyl (C=O) groups is 2. The van der Waals surface area contributed by atoms with E-state index < -0.39 is 5.91 Å². The van der Waals surface area contributed by atoms with Crippen molar-refractivity contribution in [3.8, 4) is 0 Å². The van der Waals surface area contributed by atoms with Crippen molar-refractivity contribution >= 4 is 38.4 Å². The quantitative estimate of drug-likeness (QED) is 0.859. The summed E-state index contributed by atoms with van der Waals surface area (Å²) in [6.07, 6.45) is 0.972. The molecule has 2 unspecified atom stereocenters. The van der Waals surface area contributed by atoms with E-state index in [4.69, 9.17) is 5.73 Å². The fraction of sp³-hybridized carbons (Fsp3) is 0.438. The van der Waals surface area contributed by atoms with Crippen molar-refractivity contribution in [1.29, 1.82) is 0 Å². The van der Waals surface area contributed by atoms with Gasteiger partial charge in [-0.3, -0.25) is 9.59 Å². The van der Waals surface area contributed by atoms with Gasteiger partial charge in [-0.25, -0.2) is 4.98 Å². The van der Waals surface area contributed by atoms with Gasteiger partial charge in [-0.1, -0.05) is 11.3 Å². The Morgan fingerprint density at radius 3 is 2.91 bits per heavy atom. The van der Waals surface area contributed by atoms with E-state index >= 15 is 0 Å². The molecular formula is C16H19N4O2S. The van der Waals surface area contributed by atoms with Crippen LogP contribution in [0.2, 0.25) is 0 Å². The van der Waals surface area contributed by atoms with Gasteiger partial charge >= 0.3 is 0 Å².